The lowest BCUT2D eigenvalue weighted by Crippen LogP contribution is -2.40. The van der Waals surface area contributed by atoms with Crippen molar-refractivity contribution in [2.24, 2.45) is 7.05 Å². The molecular weight excluding hydrogens is 500 g/mol. The van der Waals surface area contributed by atoms with Crippen molar-refractivity contribution in [3.8, 4) is 23.1 Å². The molecule has 5 aromatic rings. The normalized spacial score (nSPS) is 14.8. The molecule has 3 aromatic carbocycles. The highest BCUT2D eigenvalue weighted by atomic mass is 16.5. The molecule has 0 bridgehead atoms. The second-order valence-electron chi connectivity index (χ2n) is 9.27. The van der Waals surface area contributed by atoms with Gasteiger partial charge in [0.15, 0.2) is 11.3 Å². The Kier molecular flexibility index (Phi) is 5.79. The largest absolute Gasteiger partial charge is 0.501 e. The quantitative estimate of drug-likeness (QED) is 0.348. The molecular formula is C29H24N4O6. The Morgan fingerprint density at radius 2 is 1.82 bits per heavy atom. The summed E-state index contributed by atoms with van der Waals surface area (Å²) >= 11 is 0. The molecule has 0 fully saturated rings. The van der Waals surface area contributed by atoms with E-state index < -0.39 is 23.3 Å². The van der Waals surface area contributed by atoms with Crippen LogP contribution < -0.4 is 15.2 Å². The molecule has 0 spiro atoms. The number of nitrogens with zero attached hydrogens (tertiary/aromatic N) is 4. The van der Waals surface area contributed by atoms with Crippen molar-refractivity contribution in [3.63, 3.8) is 0 Å². The number of benzene rings is 3. The predicted octanol–water partition coefficient (Wildman–Crippen LogP) is 4.15. The first-order valence-corrected chi connectivity index (χ1v) is 12.3. The van der Waals surface area contributed by atoms with Gasteiger partial charge in [0.05, 0.1) is 18.7 Å². The Balaban J connectivity index is 1.59. The van der Waals surface area contributed by atoms with Gasteiger partial charge in [-0.15, -0.1) is 0 Å². The van der Waals surface area contributed by atoms with Gasteiger partial charge in [0, 0.05) is 19.2 Å². The van der Waals surface area contributed by atoms with Crippen LogP contribution in [0.15, 0.2) is 75.9 Å². The lowest BCUT2D eigenvalue weighted by atomic mass is 9.86. The third-order valence-corrected chi connectivity index (χ3v) is 7.05. The Hall–Kier alpha value is -5.12. The number of anilines is 1. The number of aromatic nitrogens is 3. The molecule has 2 aromatic heterocycles. The lowest BCUT2D eigenvalue weighted by Gasteiger charge is -2.39. The third kappa shape index (κ3) is 3.97. The molecule has 1 atom stereocenters. The standard InChI is InChI=1S/C29H24N4O6/c1-32-27(35)25(34)23(26-30-20-8-4-6-10-22(20)39-26)31-29(32)33-14-13-16-11-12-17(28(36)37)15-19(16)24(33)18-7-3-5-9-21(18)38-2/h3-12,15,24,34H,13-14H2,1-2H3,(H,36,37)/t24-/m0/s1. The molecule has 196 valence electrons. The van der Waals surface area contributed by atoms with E-state index in [0.29, 0.717) is 29.8 Å². The van der Waals surface area contributed by atoms with E-state index in [2.05, 4.69) is 4.98 Å². The van der Waals surface area contributed by atoms with Gasteiger partial charge < -0.3 is 24.3 Å². The summed E-state index contributed by atoms with van der Waals surface area (Å²) in [6, 6.07) is 19.1. The lowest BCUT2D eigenvalue weighted by molar-refractivity contribution is 0.0696. The van der Waals surface area contributed by atoms with Crippen LogP contribution in [-0.4, -0.2) is 44.4 Å². The molecule has 2 N–H and O–H groups in total. The zero-order chi connectivity index (χ0) is 27.3. The Bertz CT molecular complexity index is 1770. The molecule has 39 heavy (non-hydrogen) atoms. The molecule has 6 rings (SSSR count). The highest BCUT2D eigenvalue weighted by Gasteiger charge is 2.35. The summed E-state index contributed by atoms with van der Waals surface area (Å²) in [5.41, 5.74) is 2.98. The molecule has 0 saturated carbocycles. The summed E-state index contributed by atoms with van der Waals surface area (Å²) in [5.74, 6) is -0.734. The highest BCUT2D eigenvalue weighted by molar-refractivity contribution is 5.88. The minimum absolute atomic E-state index is 0.0204. The van der Waals surface area contributed by atoms with Gasteiger partial charge in [-0.25, -0.2) is 14.8 Å². The SMILES string of the molecule is COc1ccccc1[C@H]1c2cc(C(=O)O)ccc2CCN1c1nc(-c2nc3ccccc3o2)c(O)c(=O)n1C. The fourth-order valence-corrected chi connectivity index (χ4v) is 5.15. The minimum Gasteiger partial charge on any atom is -0.501 e. The van der Waals surface area contributed by atoms with Crippen LogP contribution in [-0.2, 0) is 13.5 Å². The molecule has 0 unspecified atom stereocenters. The average Bonchev–Trinajstić information content (AvgIpc) is 3.39. The second-order valence-corrected chi connectivity index (χ2v) is 9.27. The number of oxazole rings is 1. The zero-order valence-corrected chi connectivity index (χ0v) is 21.2. The zero-order valence-electron chi connectivity index (χ0n) is 21.2. The van der Waals surface area contributed by atoms with E-state index in [0.717, 1.165) is 16.7 Å². The van der Waals surface area contributed by atoms with E-state index in [-0.39, 0.29) is 23.1 Å². The molecule has 0 amide bonds. The fraction of sp³-hybridized carbons (Fsp3) is 0.172. The van der Waals surface area contributed by atoms with Crippen molar-refractivity contribution in [1.82, 2.24) is 14.5 Å². The molecule has 0 saturated heterocycles. The van der Waals surface area contributed by atoms with Crippen molar-refractivity contribution < 1.29 is 24.2 Å². The first-order valence-electron chi connectivity index (χ1n) is 12.3. The number of methoxy groups -OCH3 is 1. The van der Waals surface area contributed by atoms with E-state index in [9.17, 15) is 19.8 Å². The van der Waals surface area contributed by atoms with E-state index in [1.807, 2.05) is 41.3 Å². The average molecular weight is 525 g/mol. The summed E-state index contributed by atoms with van der Waals surface area (Å²) in [6.45, 7) is 0.459. The third-order valence-electron chi connectivity index (χ3n) is 7.05. The van der Waals surface area contributed by atoms with E-state index in [1.54, 1.807) is 37.4 Å². The number of hydrogen-bond donors (Lipinski definition) is 2. The Labute approximate surface area is 222 Å². The first-order chi connectivity index (χ1) is 18.9. The van der Waals surface area contributed by atoms with Crippen LogP contribution in [0.5, 0.6) is 11.5 Å². The maximum atomic E-state index is 13.3. The van der Waals surface area contributed by atoms with E-state index in [1.165, 1.54) is 11.6 Å². The number of ether oxygens (including phenoxy) is 1. The smallest absolute Gasteiger partial charge is 0.335 e. The maximum Gasteiger partial charge on any atom is 0.335 e. The molecule has 10 nitrogen and oxygen atoms in total. The number of aromatic carboxylic acids is 1. The van der Waals surface area contributed by atoms with Crippen LogP contribution >= 0.6 is 0 Å². The molecule has 1 aliphatic rings. The summed E-state index contributed by atoms with van der Waals surface area (Å²) < 4.78 is 12.8. The number of hydrogen-bond acceptors (Lipinski definition) is 8. The predicted molar refractivity (Wildman–Crippen MR) is 143 cm³/mol. The number of carboxylic acids is 1. The fourth-order valence-electron chi connectivity index (χ4n) is 5.15. The van der Waals surface area contributed by atoms with Crippen LogP contribution in [0.4, 0.5) is 5.95 Å². The monoisotopic (exact) mass is 524 g/mol. The Morgan fingerprint density at radius 3 is 2.59 bits per heavy atom. The molecule has 10 heteroatoms. The van der Waals surface area contributed by atoms with Crippen LogP contribution in [0, 0.1) is 0 Å². The summed E-state index contributed by atoms with van der Waals surface area (Å²) in [7, 11) is 3.10. The molecule has 3 heterocycles. The van der Waals surface area contributed by atoms with Gasteiger partial charge in [0.1, 0.15) is 11.3 Å². The van der Waals surface area contributed by atoms with Gasteiger partial charge in [0.2, 0.25) is 11.7 Å². The van der Waals surface area contributed by atoms with Crippen LogP contribution in [0.1, 0.15) is 33.1 Å². The van der Waals surface area contributed by atoms with Gasteiger partial charge >= 0.3 is 5.97 Å². The maximum absolute atomic E-state index is 13.3. The minimum atomic E-state index is -1.04. The molecule has 1 aliphatic heterocycles. The number of para-hydroxylation sites is 3. The van der Waals surface area contributed by atoms with Gasteiger partial charge in [-0.3, -0.25) is 9.36 Å². The van der Waals surface area contributed by atoms with Crippen LogP contribution in [0.25, 0.3) is 22.7 Å². The Morgan fingerprint density at radius 1 is 1.05 bits per heavy atom. The van der Waals surface area contributed by atoms with Crippen LogP contribution in [0.3, 0.4) is 0 Å². The van der Waals surface area contributed by atoms with Gasteiger partial charge in [0.25, 0.3) is 11.4 Å². The first kappa shape index (κ1) is 24.2. The number of fused-ring (bicyclic) bond motifs is 2. The number of carbonyl (C=O) groups is 1. The summed E-state index contributed by atoms with van der Waals surface area (Å²) in [6.07, 6.45) is 0.579. The van der Waals surface area contributed by atoms with Crippen molar-refractivity contribution in [2.75, 3.05) is 18.6 Å². The van der Waals surface area contributed by atoms with Crippen molar-refractivity contribution in [1.29, 1.82) is 0 Å². The van der Waals surface area contributed by atoms with Crippen molar-refractivity contribution in [2.45, 2.75) is 12.5 Å². The van der Waals surface area contributed by atoms with E-state index >= 15 is 0 Å². The second kappa shape index (κ2) is 9.32. The van der Waals surface area contributed by atoms with E-state index in [4.69, 9.17) is 14.1 Å². The summed E-state index contributed by atoms with van der Waals surface area (Å²) in [4.78, 5) is 36.2. The number of carboxylic acid groups (broad SMARTS) is 1. The highest BCUT2D eigenvalue weighted by Crippen LogP contribution is 2.42. The van der Waals surface area contributed by atoms with Gasteiger partial charge in [-0.1, -0.05) is 36.4 Å². The van der Waals surface area contributed by atoms with Crippen molar-refractivity contribution >= 4 is 23.0 Å². The topological polar surface area (TPSA) is 131 Å². The van der Waals surface area contributed by atoms with Gasteiger partial charge in [-0.05, 0) is 47.9 Å². The van der Waals surface area contributed by atoms with Crippen LogP contribution in [0.2, 0.25) is 0 Å². The number of rotatable bonds is 5. The molecule has 0 radical (unpaired) electrons. The molecule has 0 aliphatic carbocycles. The van der Waals surface area contributed by atoms with Gasteiger partial charge in [-0.2, -0.15) is 0 Å². The summed E-state index contributed by atoms with van der Waals surface area (Å²) in [5, 5.41) is 20.5. The number of aromatic hydroxyl groups is 1. The van der Waals surface area contributed by atoms with Crippen molar-refractivity contribution in [3.05, 3.63) is 99.3 Å².